The largest absolute Gasteiger partial charge is 0.482 e. The van der Waals surface area contributed by atoms with Gasteiger partial charge in [0, 0.05) is 36.8 Å². The summed E-state index contributed by atoms with van der Waals surface area (Å²) in [5, 5.41) is 0.875. The van der Waals surface area contributed by atoms with Crippen molar-refractivity contribution in [3.63, 3.8) is 0 Å². The van der Waals surface area contributed by atoms with E-state index in [1.807, 2.05) is 18.2 Å². The van der Waals surface area contributed by atoms with E-state index >= 15 is 0 Å². The van der Waals surface area contributed by atoms with Crippen molar-refractivity contribution in [1.82, 2.24) is 9.80 Å². The van der Waals surface area contributed by atoms with Crippen LogP contribution in [-0.2, 0) is 4.79 Å². The molecule has 27 heavy (non-hydrogen) atoms. The maximum absolute atomic E-state index is 12.6. The number of hydrogen-bond donors (Lipinski definition) is 0. The summed E-state index contributed by atoms with van der Waals surface area (Å²) in [6, 6.07) is 14.1. The van der Waals surface area contributed by atoms with Crippen LogP contribution in [0.4, 0.5) is 0 Å². The van der Waals surface area contributed by atoms with E-state index in [0.717, 1.165) is 6.42 Å². The molecule has 0 radical (unpaired) electrons. The maximum Gasteiger partial charge on any atom is 0.260 e. The van der Waals surface area contributed by atoms with E-state index < -0.39 is 0 Å². The normalized spacial score (nSPS) is 14.6. The van der Waals surface area contributed by atoms with Gasteiger partial charge in [-0.05, 0) is 36.8 Å². The summed E-state index contributed by atoms with van der Waals surface area (Å²) in [6.45, 7) is 2.10. The average molecular weight is 407 g/mol. The molecule has 1 aliphatic rings. The number of carbonyl (C=O) groups excluding carboxylic acids is 2. The molecule has 0 aliphatic carbocycles. The van der Waals surface area contributed by atoms with E-state index in [9.17, 15) is 9.59 Å². The molecule has 142 valence electrons. The van der Waals surface area contributed by atoms with Gasteiger partial charge in [0.05, 0.1) is 5.02 Å². The Morgan fingerprint density at radius 2 is 1.63 bits per heavy atom. The van der Waals surface area contributed by atoms with Crippen LogP contribution in [0.3, 0.4) is 0 Å². The molecular weight excluding hydrogens is 387 g/mol. The van der Waals surface area contributed by atoms with Gasteiger partial charge in [0.15, 0.2) is 6.61 Å². The van der Waals surface area contributed by atoms with Crippen LogP contribution in [0, 0.1) is 0 Å². The lowest BCUT2D eigenvalue weighted by molar-refractivity contribution is -0.133. The van der Waals surface area contributed by atoms with Crippen molar-refractivity contribution < 1.29 is 14.3 Å². The topological polar surface area (TPSA) is 49.9 Å². The molecule has 1 aliphatic heterocycles. The summed E-state index contributed by atoms with van der Waals surface area (Å²) < 4.78 is 5.53. The zero-order valence-corrected chi connectivity index (χ0v) is 16.2. The summed E-state index contributed by atoms with van der Waals surface area (Å²) in [4.78, 5) is 28.6. The van der Waals surface area contributed by atoms with Crippen LogP contribution in [0.5, 0.6) is 5.75 Å². The predicted octanol–water partition coefficient (Wildman–Crippen LogP) is 3.75. The lowest BCUT2D eigenvalue weighted by atomic mass is 10.2. The smallest absolute Gasteiger partial charge is 0.260 e. The zero-order valence-electron chi connectivity index (χ0n) is 14.7. The van der Waals surface area contributed by atoms with E-state index in [4.69, 9.17) is 27.9 Å². The van der Waals surface area contributed by atoms with E-state index in [1.165, 1.54) is 0 Å². The third kappa shape index (κ3) is 5.15. The SMILES string of the molecule is O=C(COc1ccc(Cl)cc1Cl)N1CCCN(C(=O)c2ccccc2)CC1. The molecule has 0 saturated carbocycles. The highest BCUT2D eigenvalue weighted by molar-refractivity contribution is 6.35. The molecule has 1 fully saturated rings. The van der Waals surface area contributed by atoms with Crippen LogP contribution in [0.25, 0.3) is 0 Å². The molecule has 5 nitrogen and oxygen atoms in total. The third-order valence-corrected chi connectivity index (χ3v) is 4.93. The van der Waals surface area contributed by atoms with Gasteiger partial charge in [-0.3, -0.25) is 9.59 Å². The first-order valence-electron chi connectivity index (χ1n) is 8.74. The van der Waals surface area contributed by atoms with Crippen molar-refractivity contribution in [1.29, 1.82) is 0 Å². The monoisotopic (exact) mass is 406 g/mol. The van der Waals surface area contributed by atoms with Gasteiger partial charge in [-0.2, -0.15) is 0 Å². The van der Waals surface area contributed by atoms with Gasteiger partial charge in [0.1, 0.15) is 5.75 Å². The van der Waals surface area contributed by atoms with Crippen LogP contribution in [0.2, 0.25) is 10.0 Å². The fourth-order valence-corrected chi connectivity index (χ4v) is 3.42. The highest BCUT2D eigenvalue weighted by Crippen LogP contribution is 2.27. The number of hydrogen-bond acceptors (Lipinski definition) is 3. The number of ether oxygens (including phenoxy) is 1. The Labute approximate surface area is 168 Å². The lowest BCUT2D eigenvalue weighted by Crippen LogP contribution is -2.39. The van der Waals surface area contributed by atoms with Crippen molar-refractivity contribution in [2.24, 2.45) is 0 Å². The zero-order chi connectivity index (χ0) is 19.2. The first kappa shape index (κ1) is 19.5. The van der Waals surface area contributed by atoms with Crippen molar-refractivity contribution in [3.8, 4) is 5.75 Å². The first-order chi connectivity index (χ1) is 13.0. The molecule has 7 heteroatoms. The van der Waals surface area contributed by atoms with Gasteiger partial charge < -0.3 is 14.5 Å². The van der Waals surface area contributed by atoms with Gasteiger partial charge in [-0.15, -0.1) is 0 Å². The molecule has 2 aromatic rings. The molecule has 3 rings (SSSR count). The van der Waals surface area contributed by atoms with E-state index in [2.05, 4.69) is 0 Å². The minimum Gasteiger partial charge on any atom is -0.482 e. The molecule has 1 heterocycles. The minimum atomic E-state index is -0.130. The van der Waals surface area contributed by atoms with E-state index in [1.54, 1.807) is 40.1 Å². The van der Waals surface area contributed by atoms with E-state index in [0.29, 0.717) is 47.5 Å². The minimum absolute atomic E-state index is 0.00547. The second-order valence-electron chi connectivity index (χ2n) is 6.26. The van der Waals surface area contributed by atoms with Gasteiger partial charge in [0.25, 0.3) is 11.8 Å². The lowest BCUT2D eigenvalue weighted by Gasteiger charge is -2.22. The molecule has 0 aromatic heterocycles. The fraction of sp³-hybridized carbons (Fsp3) is 0.300. The number of carbonyl (C=O) groups is 2. The summed E-state index contributed by atoms with van der Waals surface area (Å²) in [5.41, 5.74) is 0.665. The Bertz CT molecular complexity index is 814. The second-order valence-corrected chi connectivity index (χ2v) is 7.10. The maximum atomic E-state index is 12.6. The molecule has 0 atom stereocenters. The second kappa shape index (κ2) is 9.11. The molecule has 0 spiro atoms. The number of rotatable bonds is 4. The van der Waals surface area contributed by atoms with Gasteiger partial charge in [0.2, 0.25) is 0 Å². The molecule has 0 N–H and O–H groups in total. The van der Waals surface area contributed by atoms with Crippen LogP contribution in [-0.4, -0.2) is 54.4 Å². The predicted molar refractivity (Wildman–Crippen MR) is 105 cm³/mol. The fourth-order valence-electron chi connectivity index (χ4n) is 2.96. The third-order valence-electron chi connectivity index (χ3n) is 4.40. The van der Waals surface area contributed by atoms with Crippen molar-refractivity contribution >= 4 is 35.0 Å². The van der Waals surface area contributed by atoms with Crippen molar-refractivity contribution in [3.05, 3.63) is 64.1 Å². The number of nitrogens with zero attached hydrogens (tertiary/aromatic N) is 2. The van der Waals surface area contributed by atoms with Crippen LogP contribution < -0.4 is 4.74 Å². The molecule has 2 amide bonds. The van der Waals surface area contributed by atoms with Gasteiger partial charge >= 0.3 is 0 Å². The molecule has 0 bridgehead atoms. The van der Waals surface area contributed by atoms with Crippen molar-refractivity contribution in [2.75, 3.05) is 32.8 Å². The molecular formula is C20H20Cl2N2O3. The summed E-state index contributed by atoms with van der Waals surface area (Å²) in [6.07, 6.45) is 0.728. The Morgan fingerprint density at radius 1 is 0.926 bits per heavy atom. The van der Waals surface area contributed by atoms with Gasteiger partial charge in [-0.1, -0.05) is 41.4 Å². The molecule has 1 saturated heterocycles. The Hall–Kier alpha value is -2.24. The van der Waals surface area contributed by atoms with Crippen LogP contribution in [0.1, 0.15) is 16.8 Å². The van der Waals surface area contributed by atoms with Crippen LogP contribution >= 0.6 is 23.2 Å². The number of amides is 2. The van der Waals surface area contributed by atoms with Crippen molar-refractivity contribution in [2.45, 2.75) is 6.42 Å². The summed E-state index contributed by atoms with van der Waals surface area (Å²) in [7, 11) is 0. The van der Waals surface area contributed by atoms with Gasteiger partial charge in [-0.25, -0.2) is 0 Å². The molecule has 0 unspecified atom stereocenters. The number of benzene rings is 2. The Morgan fingerprint density at radius 3 is 2.37 bits per heavy atom. The molecule has 2 aromatic carbocycles. The standard InChI is InChI=1S/C20H20Cl2N2O3/c21-16-7-8-18(17(22)13-16)27-14-19(25)23-9-4-10-24(12-11-23)20(26)15-5-2-1-3-6-15/h1-3,5-8,13H,4,9-12,14H2. The summed E-state index contributed by atoms with van der Waals surface area (Å²) in [5.74, 6) is 0.286. The highest BCUT2D eigenvalue weighted by Gasteiger charge is 2.23. The van der Waals surface area contributed by atoms with E-state index in [-0.39, 0.29) is 18.4 Å². The quantitative estimate of drug-likeness (QED) is 0.776. The Balaban J connectivity index is 1.54. The number of halogens is 2. The summed E-state index contributed by atoms with van der Waals surface area (Å²) >= 11 is 11.9. The Kier molecular flexibility index (Phi) is 6.58. The van der Waals surface area contributed by atoms with Crippen LogP contribution in [0.15, 0.2) is 48.5 Å². The average Bonchev–Trinajstić information content (AvgIpc) is 2.93. The highest BCUT2D eigenvalue weighted by atomic mass is 35.5. The first-order valence-corrected chi connectivity index (χ1v) is 9.50.